The molecule has 1 saturated heterocycles. The molecule has 1 amide bonds. The maximum atomic E-state index is 12.4. The smallest absolute Gasteiger partial charge is 0.224 e. The van der Waals surface area contributed by atoms with E-state index in [1.54, 1.807) is 0 Å². The third-order valence-electron chi connectivity index (χ3n) is 4.70. The molecule has 0 spiro atoms. The summed E-state index contributed by atoms with van der Waals surface area (Å²) in [4.78, 5) is 12.4. The summed E-state index contributed by atoms with van der Waals surface area (Å²) >= 11 is 0. The first kappa shape index (κ1) is 18.8. The molecule has 0 aliphatic carbocycles. The number of carbonyl (C=O) groups is 1. The summed E-state index contributed by atoms with van der Waals surface area (Å²) in [5.41, 5.74) is 0.928. The fraction of sp³-hybridized carbons (Fsp3) is 0.421. The van der Waals surface area contributed by atoms with Crippen LogP contribution in [0.3, 0.4) is 0 Å². The quantitative estimate of drug-likeness (QED) is 0.827. The maximum Gasteiger partial charge on any atom is 0.224 e. The van der Waals surface area contributed by atoms with E-state index in [9.17, 15) is 13.2 Å². The molecule has 0 aromatic heterocycles. The molecule has 1 fully saturated rings. The van der Waals surface area contributed by atoms with Crippen molar-refractivity contribution in [2.45, 2.75) is 12.5 Å². The molecule has 140 valence electrons. The fourth-order valence-electron chi connectivity index (χ4n) is 3.13. The predicted molar refractivity (Wildman–Crippen MR) is 101 cm³/mol. The zero-order valence-corrected chi connectivity index (χ0v) is 15.8. The van der Waals surface area contributed by atoms with Gasteiger partial charge in [0.05, 0.1) is 31.4 Å². The number of fused-ring (bicyclic) bond motifs is 1. The van der Waals surface area contributed by atoms with E-state index in [0.29, 0.717) is 13.2 Å². The van der Waals surface area contributed by atoms with Crippen LogP contribution in [0.25, 0.3) is 10.8 Å². The lowest BCUT2D eigenvalue weighted by Crippen LogP contribution is -2.44. The zero-order chi connectivity index (χ0) is 18.7. The summed E-state index contributed by atoms with van der Waals surface area (Å²) in [5.74, 6) is -0.382. The Morgan fingerprint density at radius 1 is 1.15 bits per heavy atom. The van der Waals surface area contributed by atoms with Gasteiger partial charge in [-0.25, -0.2) is 12.7 Å². The van der Waals surface area contributed by atoms with E-state index in [0.717, 1.165) is 16.3 Å². The second-order valence-corrected chi connectivity index (χ2v) is 9.12. The summed E-state index contributed by atoms with van der Waals surface area (Å²) < 4.78 is 30.8. The van der Waals surface area contributed by atoms with Crippen LogP contribution in [0.2, 0.25) is 0 Å². The van der Waals surface area contributed by atoms with Gasteiger partial charge in [-0.3, -0.25) is 4.79 Å². The number of nitrogens with one attached hydrogen (secondary N) is 1. The monoisotopic (exact) mass is 376 g/mol. The number of benzene rings is 2. The third kappa shape index (κ3) is 4.41. The van der Waals surface area contributed by atoms with E-state index >= 15 is 0 Å². The Morgan fingerprint density at radius 2 is 1.88 bits per heavy atom. The van der Waals surface area contributed by atoms with E-state index in [-0.39, 0.29) is 30.0 Å². The predicted octanol–water partition coefficient (Wildman–Crippen LogP) is 1.40. The summed E-state index contributed by atoms with van der Waals surface area (Å²) in [7, 11) is -0.307. The van der Waals surface area contributed by atoms with Crippen molar-refractivity contribution in [2.75, 3.05) is 33.1 Å². The first-order valence-corrected chi connectivity index (χ1v) is 10.2. The number of rotatable bonds is 6. The highest BCUT2D eigenvalue weighted by molar-refractivity contribution is 7.89. The summed E-state index contributed by atoms with van der Waals surface area (Å²) in [5, 5.41) is 5.17. The number of sulfonamides is 1. The van der Waals surface area contributed by atoms with Crippen LogP contribution in [0.15, 0.2) is 42.5 Å². The Bertz CT molecular complexity index is 895. The molecule has 0 bridgehead atoms. The van der Waals surface area contributed by atoms with Crippen molar-refractivity contribution < 1.29 is 17.9 Å². The van der Waals surface area contributed by atoms with E-state index in [2.05, 4.69) is 5.32 Å². The third-order valence-corrected chi connectivity index (χ3v) is 6.67. The second-order valence-electron chi connectivity index (χ2n) is 6.89. The Morgan fingerprint density at radius 3 is 2.62 bits per heavy atom. The lowest BCUT2D eigenvalue weighted by atomic mass is 10.0. The van der Waals surface area contributed by atoms with E-state index < -0.39 is 10.0 Å². The van der Waals surface area contributed by atoms with Crippen LogP contribution in [0.1, 0.15) is 5.56 Å². The van der Waals surface area contributed by atoms with Crippen LogP contribution in [0, 0.1) is 5.92 Å². The Balaban J connectivity index is 1.63. The SMILES string of the molecule is CN(C)S(=O)(=O)C[C@@H]1COC[C@@H]1NC(=O)Cc1ccc2ccccc2c1. The summed E-state index contributed by atoms with van der Waals surface area (Å²) in [6.07, 6.45) is 0.258. The number of ether oxygens (including phenoxy) is 1. The number of amides is 1. The van der Waals surface area contributed by atoms with Crippen LogP contribution < -0.4 is 5.32 Å². The van der Waals surface area contributed by atoms with Gasteiger partial charge in [0, 0.05) is 20.0 Å². The first-order chi connectivity index (χ1) is 12.3. The van der Waals surface area contributed by atoms with Crippen molar-refractivity contribution in [3.63, 3.8) is 0 Å². The van der Waals surface area contributed by atoms with Crippen molar-refractivity contribution in [1.82, 2.24) is 9.62 Å². The second kappa shape index (κ2) is 7.73. The minimum absolute atomic E-state index is 0.0269. The van der Waals surface area contributed by atoms with Gasteiger partial charge in [0.25, 0.3) is 0 Å². The van der Waals surface area contributed by atoms with Crippen molar-refractivity contribution in [3.8, 4) is 0 Å². The lowest BCUT2D eigenvalue weighted by Gasteiger charge is -2.21. The molecule has 26 heavy (non-hydrogen) atoms. The molecule has 2 aromatic carbocycles. The average molecular weight is 376 g/mol. The molecule has 6 nitrogen and oxygen atoms in total. The van der Waals surface area contributed by atoms with Gasteiger partial charge in [-0.2, -0.15) is 0 Å². The average Bonchev–Trinajstić information content (AvgIpc) is 3.00. The highest BCUT2D eigenvalue weighted by Crippen LogP contribution is 2.19. The summed E-state index contributed by atoms with van der Waals surface area (Å²) in [6.45, 7) is 0.686. The number of carbonyl (C=O) groups excluding carboxylic acids is 1. The Labute approximate surface area is 154 Å². The topological polar surface area (TPSA) is 75.7 Å². The molecule has 2 atom stereocenters. The Hall–Kier alpha value is -1.96. The van der Waals surface area contributed by atoms with Gasteiger partial charge in [-0.1, -0.05) is 42.5 Å². The van der Waals surface area contributed by atoms with Crippen LogP contribution >= 0.6 is 0 Å². The van der Waals surface area contributed by atoms with Gasteiger partial charge >= 0.3 is 0 Å². The van der Waals surface area contributed by atoms with Gasteiger partial charge in [-0.05, 0) is 16.3 Å². The van der Waals surface area contributed by atoms with Crippen molar-refractivity contribution in [3.05, 3.63) is 48.0 Å². The van der Waals surface area contributed by atoms with Crippen molar-refractivity contribution in [1.29, 1.82) is 0 Å². The lowest BCUT2D eigenvalue weighted by molar-refractivity contribution is -0.121. The number of nitrogens with zero attached hydrogens (tertiary/aromatic N) is 1. The largest absolute Gasteiger partial charge is 0.379 e. The standard InChI is InChI=1S/C19H24N2O4S/c1-21(2)26(23,24)13-17-11-25-12-18(17)20-19(22)10-14-7-8-15-5-3-4-6-16(15)9-14/h3-9,17-18H,10-13H2,1-2H3,(H,20,22)/t17-,18-/m0/s1. The van der Waals surface area contributed by atoms with Gasteiger partial charge in [0.2, 0.25) is 15.9 Å². The van der Waals surface area contributed by atoms with Crippen LogP contribution in [-0.4, -0.2) is 57.7 Å². The van der Waals surface area contributed by atoms with Crippen molar-refractivity contribution in [2.24, 2.45) is 5.92 Å². The van der Waals surface area contributed by atoms with Crippen molar-refractivity contribution >= 4 is 26.7 Å². The first-order valence-electron chi connectivity index (χ1n) is 8.60. The molecule has 1 N–H and O–H groups in total. The maximum absolute atomic E-state index is 12.4. The van der Waals surface area contributed by atoms with E-state index in [1.807, 2.05) is 42.5 Å². The molecule has 7 heteroatoms. The molecule has 0 unspecified atom stereocenters. The molecule has 0 radical (unpaired) electrons. The molecule has 1 aliphatic rings. The van der Waals surface area contributed by atoms with E-state index in [1.165, 1.54) is 18.4 Å². The van der Waals surface area contributed by atoms with Gasteiger partial charge in [0.1, 0.15) is 0 Å². The highest BCUT2D eigenvalue weighted by Gasteiger charge is 2.34. The van der Waals surface area contributed by atoms with Crippen LogP contribution in [-0.2, 0) is 26.0 Å². The fourth-order valence-corrected chi connectivity index (χ4v) is 4.30. The molecule has 1 aliphatic heterocycles. The minimum atomic E-state index is -3.33. The zero-order valence-electron chi connectivity index (χ0n) is 15.0. The van der Waals surface area contributed by atoms with Crippen LogP contribution in [0.5, 0.6) is 0 Å². The van der Waals surface area contributed by atoms with Crippen LogP contribution in [0.4, 0.5) is 0 Å². The molecule has 2 aromatic rings. The summed E-state index contributed by atoms with van der Waals surface area (Å²) in [6, 6.07) is 13.7. The molecular weight excluding hydrogens is 352 g/mol. The molecule has 3 rings (SSSR count). The minimum Gasteiger partial charge on any atom is -0.379 e. The molecular formula is C19H24N2O4S. The van der Waals surface area contributed by atoms with Gasteiger partial charge < -0.3 is 10.1 Å². The highest BCUT2D eigenvalue weighted by atomic mass is 32.2. The molecule has 1 heterocycles. The Kier molecular flexibility index (Phi) is 5.60. The molecule has 0 saturated carbocycles. The van der Waals surface area contributed by atoms with E-state index in [4.69, 9.17) is 4.74 Å². The number of hydrogen-bond acceptors (Lipinski definition) is 4. The normalized spacial score (nSPS) is 20.6. The van der Waals surface area contributed by atoms with Gasteiger partial charge in [-0.15, -0.1) is 0 Å². The number of hydrogen-bond donors (Lipinski definition) is 1. The van der Waals surface area contributed by atoms with Gasteiger partial charge in [0.15, 0.2) is 0 Å².